The summed E-state index contributed by atoms with van der Waals surface area (Å²) in [4.78, 5) is 16.3. The van der Waals surface area contributed by atoms with Crippen LogP contribution in [0, 0.1) is 4.78 Å². The van der Waals surface area contributed by atoms with Crippen LogP contribution in [0.4, 0.5) is 19.0 Å². The number of carbonyl (C=O) groups is 1. The molecule has 1 fully saturated rings. The predicted molar refractivity (Wildman–Crippen MR) is 131 cm³/mol. The Balaban J connectivity index is 1.22. The maximum Gasteiger partial charge on any atom is 0.417 e. The van der Waals surface area contributed by atoms with Gasteiger partial charge in [-0.25, -0.2) is 14.0 Å². The van der Waals surface area contributed by atoms with Crippen molar-refractivity contribution >= 4 is 21.5 Å². The number of halogens is 3. The Morgan fingerprint density at radius 3 is 2.31 bits per heavy atom. The smallest absolute Gasteiger partial charge is 0.367 e. The summed E-state index contributed by atoms with van der Waals surface area (Å²) in [5.74, 6) is 0.287. The van der Waals surface area contributed by atoms with E-state index in [-0.39, 0.29) is 17.2 Å². The first-order chi connectivity index (χ1) is 17.1. The highest BCUT2D eigenvalue weighted by atomic mass is 32.2. The molecule has 188 valence electrons. The molecule has 1 aliphatic heterocycles. The van der Waals surface area contributed by atoms with Crippen molar-refractivity contribution in [1.29, 1.82) is 4.78 Å². The van der Waals surface area contributed by atoms with Crippen LogP contribution in [0.2, 0.25) is 0 Å². The molecule has 1 aromatic heterocycles. The molecule has 36 heavy (non-hydrogen) atoms. The lowest BCUT2D eigenvalue weighted by atomic mass is 9.95. The summed E-state index contributed by atoms with van der Waals surface area (Å²) in [5.41, 5.74) is 2.61. The van der Waals surface area contributed by atoms with E-state index in [9.17, 15) is 22.2 Å². The fourth-order valence-electron chi connectivity index (χ4n) is 4.83. The zero-order valence-corrected chi connectivity index (χ0v) is 20.1. The minimum atomic E-state index is -4.42. The third-order valence-electron chi connectivity index (χ3n) is 6.92. The van der Waals surface area contributed by atoms with Crippen LogP contribution < -0.4 is 10.6 Å². The zero-order chi connectivity index (χ0) is 25.5. The van der Waals surface area contributed by atoms with E-state index in [4.69, 9.17) is 4.78 Å². The summed E-state index contributed by atoms with van der Waals surface area (Å²) in [6.07, 6.45) is -1.17. The van der Waals surface area contributed by atoms with Crippen molar-refractivity contribution in [3.05, 3.63) is 77.5 Å². The van der Waals surface area contributed by atoms with E-state index in [1.165, 1.54) is 6.07 Å². The van der Waals surface area contributed by atoms with E-state index in [0.29, 0.717) is 48.5 Å². The van der Waals surface area contributed by atoms with Crippen molar-refractivity contribution in [2.75, 3.05) is 5.32 Å². The van der Waals surface area contributed by atoms with Crippen molar-refractivity contribution in [1.82, 2.24) is 10.3 Å². The van der Waals surface area contributed by atoms with Crippen molar-refractivity contribution in [2.45, 2.75) is 54.6 Å². The molecule has 1 amide bonds. The molecule has 1 aliphatic carbocycles. The molecule has 2 heterocycles. The molecule has 0 saturated heterocycles. The van der Waals surface area contributed by atoms with E-state index in [1.54, 1.807) is 12.1 Å². The highest BCUT2D eigenvalue weighted by Gasteiger charge is 2.32. The van der Waals surface area contributed by atoms with Gasteiger partial charge in [0, 0.05) is 34.5 Å². The maximum atomic E-state index is 13.5. The Kier molecular flexibility index (Phi) is 6.23. The number of hydrogen-bond acceptors (Lipinski definition) is 5. The van der Waals surface area contributed by atoms with Crippen molar-refractivity contribution < 1.29 is 22.2 Å². The summed E-state index contributed by atoms with van der Waals surface area (Å²) in [6.45, 7) is 0.535. The summed E-state index contributed by atoms with van der Waals surface area (Å²) < 4.78 is 60.3. The number of rotatable bonds is 5. The molecule has 3 N–H and O–H groups in total. The molecule has 2 aliphatic rings. The van der Waals surface area contributed by atoms with Gasteiger partial charge in [0.1, 0.15) is 5.82 Å². The number of nitrogens with one attached hydrogen (secondary N) is 3. The third-order valence-corrected chi connectivity index (χ3v) is 9.30. The van der Waals surface area contributed by atoms with Gasteiger partial charge in [-0.15, -0.1) is 0 Å². The fraction of sp³-hybridized carbons (Fsp3) is 0.308. The number of amides is 1. The number of anilines is 1. The number of hydrogen-bond donors (Lipinski definition) is 3. The average Bonchev–Trinajstić information content (AvgIpc) is 3.24. The predicted octanol–water partition coefficient (Wildman–Crippen LogP) is 5.84. The Morgan fingerprint density at radius 1 is 0.972 bits per heavy atom. The topological polar surface area (TPSA) is 94.9 Å². The van der Waals surface area contributed by atoms with Crippen molar-refractivity contribution in [3.8, 4) is 11.1 Å². The Labute approximate surface area is 207 Å². The largest absolute Gasteiger partial charge is 0.417 e. The van der Waals surface area contributed by atoms with Crippen LogP contribution in [0.25, 0.3) is 11.1 Å². The van der Waals surface area contributed by atoms with Crippen LogP contribution in [0.5, 0.6) is 0 Å². The molecule has 10 heteroatoms. The van der Waals surface area contributed by atoms with Crippen LogP contribution in [0.1, 0.15) is 47.2 Å². The number of aromatic nitrogens is 1. The quantitative estimate of drug-likeness (QED) is 0.399. The lowest BCUT2D eigenvalue weighted by Gasteiger charge is -2.30. The molecule has 0 bridgehead atoms. The second-order valence-electron chi connectivity index (χ2n) is 9.23. The van der Waals surface area contributed by atoms with Gasteiger partial charge in [-0.3, -0.25) is 4.79 Å². The van der Waals surface area contributed by atoms with Gasteiger partial charge in [0.05, 0.1) is 15.3 Å². The molecule has 3 aromatic rings. The Morgan fingerprint density at radius 2 is 1.67 bits per heavy atom. The molecule has 6 nitrogen and oxygen atoms in total. The first-order valence-corrected chi connectivity index (χ1v) is 13.3. The van der Waals surface area contributed by atoms with Crippen LogP contribution in [0.3, 0.4) is 0 Å². The molecular formula is C26H25F3N4O2S. The van der Waals surface area contributed by atoms with Crippen molar-refractivity contribution in [3.63, 3.8) is 0 Å². The third kappa shape index (κ3) is 4.82. The van der Waals surface area contributed by atoms with E-state index in [0.717, 1.165) is 29.0 Å². The number of alkyl halides is 3. The molecule has 0 radical (unpaired) electrons. The van der Waals surface area contributed by atoms with Gasteiger partial charge in [-0.1, -0.05) is 24.3 Å². The monoisotopic (exact) mass is 514 g/mol. The van der Waals surface area contributed by atoms with E-state index < -0.39 is 21.5 Å². The second kappa shape index (κ2) is 9.24. The molecule has 5 rings (SSSR count). The average molecular weight is 515 g/mol. The van der Waals surface area contributed by atoms with Gasteiger partial charge in [-0.05, 0) is 72.7 Å². The summed E-state index contributed by atoms with van der Waals surface area (Å²) in [6, 6.07) is 15.2. The minimum Gasteiger partial charge on any atom is -0.367 e. The molecule has 1 atom stereocenters. The van der Waals surface area contributed by atoms with Crippen LogP contribution in [-0.4, -0.2) is 26.4 Å². The normalized spacial score (nSPS) is 21.4. The molecule has 2 aromatic carbocycles. The minimum absolute atomic E-state index is 0.0000666. The van der Waals surface area contributed by atoms with Gasteiger partial charge in [0.2, 0.25) is 0 Å². The number of benzene rings is 2. The summed E-state index contributed by atoms with van der Waals surface area (Å²) in [7, 11) is -3.03. The number of pyridine rings is 1. The lowest BCUT2D eigenvalue weighted by Crippen LogP contribution is -2.32. The summed E-state index contributed by atoms with van der Waals surface area (Å²) in [5, 5.41) is 5.66. The second-order valence-corrected chi connectivity index (χ2v) is 11.6. The van der Waals surface area contributed by atoms with Gasteiger partial charge < -0.3 is 10.6 Å². The molecule has 0 spiro atoms. The zero-order valence-electron chi connectivity index (χ0n) is 19.3. The van der Waals surface area contributed by atoms with Crippen LogP contribution in [0.15, 0.2) is 65.7 Å². The Bertz CT molecular complexity index is 1380. The van der Waals surface area contributed by atoms with Gasteiger partial charge in [-0.2, -0.15) is 13.2 Å². The molecule has 1 unspecified atom stereocenters. The first kappa shape index (κ1) is 24.3. The molecule has 1 saturated carbocycles. The number of fused-ring (bicyclic) bond motifs is 1. The standard InChI is InChI=1S/C26H25F3N4O2S/c27-26(28,29)19-5-12-24(31-15-19)33-20-6-10-22(11-7-20)36(30,35)21-8-3-16(4-9-21)17-1-2-18-14-32-25(34)23(18)13-17/h1-5,8-9,12-13,15,20,22,30H,6-7,10-11,14H2,(H,31,33)(H,32,34)/t20-,22-,36?. The number of nitrogens with zero attached hydrogens (tertiary/aromatic N) is 1. The van der Waals surface area contributed by atoms with E-state index >= 15 is 0 Å². The fourth-order valence-corrected chi connectivity index (χ4v) is 6.69. The summed E-state index contributed by atoms with van der Waals surface area (Å²) >= 11 is 0. The molecular weight excluding hydrogens is 489 g/mol. The van der Waals surface area contributed by atoms with Gasteiger partial charge in [0.25, 0.3) is 5.91 Å². The van der Waals surface area contributed by atoms with E-state index in [2.05, 4.69) is 15.6 Å². The van der Waals surface area contributed by atoms with Crippen LogP contribution in [-0.2, 0) is 22.5 Å². The maximum absolute atomic E-state index is 13.5. The number of carbonyl (C=O) groups excluding carboxylic acids is 1. The van der Waals surface area contributed by atoms with Gasteiger partial charge in [0.15, 0.2) is 0 Å². The van der Waals surface area contributed by atoms with Gasteiger partial charge >= 0.3 is 6.18 Å². The van der Waals surface area contributed by atoms with E-state index in [1.807, 2.05) is 30.3 Å². The van der Waals surface area contributed by atoms with Crippen molar-refractivity contribution in [2.24, 2.45) is 0 Å². The first-order valence-electron chi connectivity index (χ1n) is 11.7. The Hall–Kier alpha value is -3.40. The highest BCUT2D eigenvalue weighted by molar-refractivity contribution is 7.93. The lowest BCUT2D eigenvalue weighted by molar-refractivity contribution is -0.137. The SMILES string of the molecule is N=S(=O)(c1ccc(-c2ccc3c(c2)C(=O)NC3)cc1)[C@H]1CC[C@H](Nc2ccc(C(F)(F)F)cn2)CC1. The highest BCUT2D eigenvalue weighted by Crippen LogP contribution is 2.33. The van der Waals surface area contributed by atoms with Crippen LogP contribution >= 0.6 is 0 Å².